The first-order chi connectivity index (χ1) is 16.0. The Balaban J connectivity index is 1.40. The monoisotopic (exact) mass is 457 g/mol. The SMILES string of the molecule is C[C@H]1CC[C@H](n2cc(NC(=O)c3cnn4ccc(C5CCNCC5)nc34)c(C(F)F)n2)CC1. The van der Waals surface area contributed by atoms with Gasteiger partial charge in [-0.3, -0.25) is 9.48 Å². The zero-order valence-corrected chi connectivity index (χ0v) is 18.7. The summed E-state index contributed by atoms with van der Waals surface area (Å²) in [6, 6.07) is 2.01. The summed E-state index contributed by atoms with van der Waals surface area (Å²) < 4.78 is 30.6. The van der Waals surface area contributed by atoms with Crippen molar-refractivity contribution in [2.24, 2.45) is 5.92 Å². The van der Waals surface area contributed by atoms with Gasteiger partial charge in [-0.15, -0.1) is 0 Å². The average molecular weight is 458 g/mol. The molecule has 3 aromatic heterocycles. The van der Waals surface area contributed by atoms with E-state index in [1.54, 1.807) is 21.6 Å². The summed E-state index contributed by atoms with van der Waals surface area (Å²) in [5.74, 6) is 0.450. The topological polar surface area (TPSA) is 89.1 Å². The molecule has 0 aromatic carbocycles. The van der Waals surface area contributed by atoms with E-state index in [-0.39, 0.29) is 17.3 Å². The summed E-state index contributed by atoms with van der Waals surface area (Å²) in [4.78, 5) is 17.8. The van der Waals surface area contributed by atoms with Crippen molar-refractivity contribution in [3.05, 3.63) is 41.6 Å². The van der Waals surface area contributed by atoms with Gasteiger partial charge in [0, 0.05) is 24.0 Å². The van der Waals surface area contributed by atoms with Crippen LogP contribution in [0, 0.1) is 5.92 Å². The molecular formula is C23H29F2N7O. The Morgan fingerprint density at radius 2 is 1.94 bits per heavy atom. The highest BCUT2D eigenvalue weighted by atomic mass is 19.3. The minimum atomic E-state index is -2.78. The molecule has 2 aliphatic rings. The predicted molar refractivity (Wildman–Crippen MR) is 120 cm³/mol. The first-order valence-electron chi connectivity index (χ1n) is 11.7. The van der Waals surface area contributed by atoms with Gasteiger partial charge in [-0.1, -0.05) is 6.92 Å². The largest absolute Gasteiger partial charge is 0.319 e. The molecule has 1 amide bonds. The number of nitrogens with one attached hydrogen (secondary N) is 2. The van der Waals surface area contributed by atoms with E-state index in [0.29, 0.717) is 17.5 Å². The van der Waals surface area contributed by atoms with Crippen LogP contribution in [0.2, 0.25) is 0 Å². The standard InChI is InChI=1S/C23H29F2N7O/c1-14-2-4-16(5-3-14)32-13-19(20(30-32)21(24)25)29-23(33)17-12-27-31-11-8-18(28-22(17)31)15-6-9-26-10-7-15/h8,11-16,21,26H,2-7,9-10H2,1H3,(H,29,33)/t14-,16-. The summed E-state index contributed by atoms with van der Waals surface area (Å²) in [6.07, 6.45) is 7.84. The first kappa shape index (κ1) is 21.9. The molecule has 3 aromatic rings. The zero-order valence-electron chi connectivity index (χ0n) is 18.7. The molecule has 2 fully saturated rings. The van der Waals surface area contributed by atoms with Crippen LogP contribution in [0.15, 0.2) is 24.7 Å². The first-order valence-corrected chi connectivity index (χ1v) is 11.7. The lowest BCUT2D eigenvalue weighted by Gasteiger charge is -2.26. The Labute approximate surface area is 190 Å². The highest BCUT2D eigenvalue weighted by Crippen LogP contribution is 2.34. The second kappa shape index (κ2) is 9.17. The Hall–Kier alpha value is -2.88. The van der Waals surface area contributed by atoms with Crippen LogP contribution in [-0.2, 0) is 0 Å². The van der Waals surface area contributed by atoms with Crippen LogP contribution in [0.1, 0.15) is 85.6 Å². The van der Waals surface area contributed by atoms with Crippen molar-refractivity contribution >= 4 is 17.2 Å². The van der Waals surface area contributed by atoms with E-state index < -0.39 is 18.0 Å². The second-order valence-corrected chi connectivity index (χ2v) is 9.28. The number of nitrogens with zero attached hydrogens (tertiary/aromatic N) is 5. The molecule has 33 heavy (non-hydrogen) atoms. The van der Waals surface area contributed by atoms with Crippen molar-refractivity contribution in [3.8, 4) is 0 Å². The van der Waals surface area contributed by atoms with Crippen molar-refractivity contribution < 1.29 is 13.6 Å². The molecule has 0 unspecified atom stereocenters. The van der Waals surface area contributed by atoms with Crippen molar-refractivity contribution in [2.75, 3.05) is 18.4 Å². The Bertz CT molecular complexity index is 1130. The number of rotatable bonds is 5. The number of carbonyl (C=O) groups excluding carboxylic acids is 1. The predicted octanol–water partition coefficient (Wildman–Crippen LogP) is 4.33. The molecule has 2 N–H and O–H groups in total. The van der Waals surface area contributed by atoms with Gasteiger partial charge in [-0.25, -0.2) is 18.3 Å². The summed E-state index contributed by atoms with van der Waals surface area (Å²) in [5, 5.41) is 14.3. The van der Waals surface area contributed by atoms with Crippen molar-refractivity contribution in [3.63, 3.8) is 0 Å². The molecule has 5 rings (SSSR count). The lowest BCUT2D eigenvalue weighted by molar-refractivity contribution is 0.102. The Morgan fingerprint density at radius 1 is 1.18 bits per heavy atom. The lowest BCUT2D eigenvalue weighted by atomic mass is 9.87. The molecule has 4 heterocycles. The minimum absolute atomic E-state index is 0.0440. The van der Waals surface area contributed by atoms with Crippen LogP contribution >= 0.6 is 0 Å². The molecule has 8 nitrogen and oxygen atoms in total. The van der Waals surface area contributed by atoms with Crippen LogP contribution in [0.3, 0.4) is 0 Å². The number of carbonyl (C=O) groups is 1. The van der Waals surface area contributed by atoms with E-state index in [4.69, 9.17) is 4.98 Å². The van der Waals surface area contributed by atoms with Gasteiger partial charge in [0.2, 0.25) is 0 Å². The van der Waals surface area contributed by atoms with E-state index in [2.05, 4.69) is 27.8 Å². The molecule has 1 saturated carbocycles. The number of anilines is 1. The van der Waals surface area contributed by atoms with Gasteiger partial charge in [0.15, 0.2) is 11.3 Å². The molecule has 1 aliphatic carbocycles. The summed E-state index contributed by atoms with van der Waals surface area (Å²) in [6.45, 7) is 4.07. The van der Waals surface area contributed by atoms with Gasteiger partial charge in [0.05, 0.1) is 17.9 Å². The maximum Gasteiger partial charge on any atom is 0.284 e. The number of alkyl halides is 2. The minimum Gasteiger partial charge on any atom is -0.319 e. The molecule has 1 saturated heterocycles. The fourth-order valence-electron chi connectivity index (χ4n) is 4.93. The number of hydrogen-bond acceptors (Lipinski definition) is 5. The summed E-state index contributed by atoms with van der Waals surface area (Å²) >= 11 is 0. The van der Waals surface area contributed by atoms with Crippen LogP contribution in [0.4, 0.5) is 14.5 Å². The highest BCUT2D eigenvalue weighted by Gasteiger charge is 2.27. The number of aromatic nitrogens is 5. The fraction of sp³-hybridized carbons (Fsp3) is 0.565. The second-order valence-electron chi connectivity index (χ2n) is 9.28. The zero-order chi connectivity index (χ0) is 22.9. The van der Waals surface area contributed by atoms with Crippen molar-refractivity contribution in [2.45, 2.75) is 63.8 Å². The Morgan fingerprint density at radius 3 is 2.67 bits per heavy atom. The van der Waals surface area contributed by atoms with Crippen LogP contribution in [0.5, 0.6) is 0 Å². The van der Waals surface area contributed by atoms with Crippen LogP contribution < -0.4 is 10.6 Å². The molecular weight excluding hydrogens is 428 g/mol. The third-order valence-corrected chi connectivity index (χ3v) is 6.97. The highest BCUT2D eigenvalue weighted by molar-refractivity contribution is 6.08. The molecule has 1 aliphatic heterocycles. The van der Waals surface area contributed by atoms with Crippen LogP contribution in [0.25, 0.3) is 5.65 Å². The average Bonchev–Trinajstić information content (AvgIpc) is 3.44. The van der Waals surface area contributed by atoms with E-state index in [1.165, 1.54) is 6.20 Å². The molecule has 0 radical (unpaired) electrons. The fourth-order valence-corrected chi connectivity index (χ4v) is 4.93. The van der Waals surface area contributed by atoms with Crippen LogP contribution in [-0.4, -0.2) is 43.4 Å². The van der Waals surface area contributed by atoms with Gasteiger partial charge >= 0.3 is 0 Å². The third kappa shape index (κ3) is 4.48. The number of fused-ring (bicyclic) bond motifs is 1. The van der Waals surface area contributed by atoms with Gasteiger partial charge < -0.3 is 10.6 Å². The molecule has 0 spiro atoms. The molecule has 0 bridgehead atoms. The quantitative estimate of drug-likeness (QED) is 0.595. The van der Waals surface area contributed by atoms with Crippen molar-refractivity contribution in [1.82, 2.24) is 29.7 Å². The number of halogens is 2. The van der Waals surface area contributed by atoms with E-state index in [1.807, 2.05) is 6.07 Å². The molecule has 10 heteroatoms. The number of amides is 1. The lowest BCUT2D eigenvalue weighted by Crippen LogP contribution is -2.27. The molecule has 0 atom stereocenters. The van der Waals surface area contributed by atoms with E-state index >= 15 is 0 Å². The third-order valence-electron chi connectivity index (χ3n) is 6.97. The summed E-state index contributed by atoms with van der Waals surface area (Å²) in [7, 11) is 0. The Kier molecular flexibility index (Phi) is 6.09. The maximum atomic E-state index is 13.7. The van der Waals surface area contributed by atoms with Crippen molar-refractivity contribution in [1.29, 1.82) is 0 Å². The number of hydrogen-bond donors (Lipinski definition) is 2. The molecule has 176 valence electrons. The number of piperidine rings is 1. The van der Waals surface area contributed by atoms with Gasteiger partial charge in [0.1, 0.15) is 5.56 Å². The normalized spacial score (nSPS) is 22.2. The van der Waals surface area contributed by atoms with Gasteiger partial charge in [-0.05, 0) is 63.6 Å². The van der Waals surface area contributed by atoms with E-state index in [0.717, 1.165) is 57.3 Å². The van der Waals surface area contributed by atoms with Gasteiger partial charge in [0.25, 0.3) is 12.3 Å². The summed E-state index contributed by atoms with van der Waals surface area (Å²) in [5.41, 5.74) is 1.25. The smallest absolute Gasteiger partial charge is 0.284 e. The maximum absolute atomic E-state index is 13.7. The van der Waals surface area contributed by atoms with Gasteiger partial charge in [-0.2, -0.15) is 10.2 Å². The van der Waals surface area contributed by atoms with E-state index in [9.17, 15) is 13.6 Å².